The van der Waals surface area contributed by atoms with Gasteiger partial charge in [-0.15, -0.1) is 0 Å². The van der Waals surface area contributed by atoms with Gasteiger partial charge in [0.2, 0.25) is 0 Å². The molecule has 0 fully saturated rings. The molecule has 1 aliphatic rings. The lowest BCUT2D eigenvalue weighted by Gasteiger charge is -2.24. The second-order valence-electron chi connectivity index (χ2n) is 5.20. The average Bonchev–Trinajstić information content (AvgIpc) is 2.35. The summed E-state index contributed by atoms with van der Waals surface area (Å²) in [7, 11) is 0. The summed E-state index contributed by atoms with van der Waals surface area (Å²) in [6.45, 7) is 5.04. The van der Waals surface area contributed by atoms with E-state index in [1.807, 2.05) is 0 Å². The first kappa shape index (κ1) is 11.5. The van der Waals surface area contributed by atoms with Crippen molar-refractivity contribution in [3.63, 3.8) is 0 Å². The Labute approximate surface area is 97.8 Å². The van der Waals surface area contributed by atoms with Gasteiger partial charge >= 0.3 is 0 Å². The van der Waals surface area contributed by atoms with Gasteiger partial charge in [-0.1, -0.05) is 12.1 Å². The van der Waals surface area contributed by atoms with Crippen LogP contribution in [0.25, 0.3) is 0 Å². The Morgan fingerprint density at radius 1 is 1.38 bits per heavy atom. The van der Waals surface area contributed by atoms with Crippen LogP contribution in [0.1, 0.15) is 37.8 Å². The van der Waals surface area contributed by atoms with Gasteiger partial charge in [0.05, 0.1) is 0 Å². The molecule has 0 atom stereocenters. The SMILES string of the molecule is CC1(C)CCCc2cc(CCN)ccc2O1. The van der Waals surface area contributed by atoms with Crippen LogP contribution in [0, 0.1) is 0 Å². The lowest BCUT2D eigenvalue weighted by molar-refractivity contribution is 0.103. The van der Waals surface area contributed by atoms with Gasteiger partial charge in [-0.05, 0) is 63.3 Å². The number of hydrogen-bond acceptors (Lipinski definition) is 2. The summed E-state index contributed by atoms with van der Waals surface area (Å²) in [5, 5.41) is 0. The van der Waals surface area contributed by atoms with E-state index in [4.69, 9.17) is 10.5 Å². The summed E-state index contributed by atoms with van der Waals surface area (Å²) in [6.07, 6.45) is 4.40. The van der Waals surface area contributed by atoms with Gasteiger partial charge in [0.1, 0.15) is 11.4 Å². The molecule has 2 rings (SSSR count). The van der Waals surface area contributed by atoms with E-state index in [0.29, 0.717) is 6.54 Å². The molecule has 1 aromatic rings. The zero-order chi connectivity index (χ0) is 11.6. The molecular formula is C14H21NO. The molecule has 1 aromatic carbocycles. The minimum Gasteiger partial charge on any atom is -0.488 e. The first-order valence-corrected chi connectivity index (χ1v) is 6.12. The van der Waals surface area contributed by atoms with Crippen molar-refractivity contribution in [2.45, 2.75) is 45.1 Å². The van der Waals surface area contributed by atoms with E-state index >= 15 is 0 Å². The Kier molecular flexibility index (Phi) is 3.20. The van der Waals surface area contributed by atoms with Crippen molar-refractivity contribution in [3.8, 4) is 5.75 Å². The number of aryl methyl sites for hydroxylation is 1. The lowest BCUT2D eigenvalue weighted by Crippen LogP contribution is -2.26. The van der Waals surface area contributed by atoms with E-state index in [-0.39, 0.29) is 5.60 Å². The van der Waals surface area contributed by atoms with Gasteiger partial charge in [0, 0.05) is 0 Å². The van der Waals surface area contributed by atoms with Gasteiger partial charge in [0.25, 0.3) is 0 Å². The Morgan fingerprint density at radius 3 is 2.94 bits per heavy atom. The van der Waals surface area contributed by atoms with Crippen LogP contribution in [0.15, 0.2) is 18.2 Å². The minimum atomic E-state index is -0.0271. The molecule has 0 amide bonds. The zero-order valence-corrected chi connectivity index (χ0v) is 10.3. The number of hydrogen-bond donors (Lipinski definition) is 1. The van der Waals surface area contributed by atoms with E-state index in [2.05, 4.69) is 32.0 Å². The molecule has 1 heterocycles. The molecule has 2 heteroatoms. The molecule has 1 aliphatic heterocycles. The summed E-state index contributed by atoms with van der Waals surface area (Å²) >= 11 is 0. The molecule has 0 bridgehead atoms. The molecule has 0 unspecified atom stereocenters. The molecule has 2 N–H and O–H groups in total. The molecule has 0 aliphatic carbocycles. The molecular weight excluding hydrogens is 198 g/mol. The summed E-state index contributed by atoms with van der Waals surface area (Å²) in [4.78, 5) is 0. The van der Waals surface area contributed by atoms with E-state index in [0.717, 1.165) is 25.0 Å². The van der Waals surface area contributed by atoms with Crippen molar-refractivity contribution < 1.29 is 4.74 Å². The number of ether oxygens (including phenoxy) is 1. The van der Waals surface area contributed by atoms with Crippen LogP contribution in [0.3, 0.4) is 0 Å². The fraction of sp³-hybridized carbons (Fsp3) is 0.571. The third-order valence-electron chi connectivity index (χ3n) is 3.17. The van der Waals surface area contributed by atoms with Crippen molar-refractivity contribution in [1.82, 2.24) is 0 Å². The summed E-state index contributed by atoms with van der Waals surface area (Å²) in [5.74, 6) is 1.06. The monoisotopic (exact) mass is 219 g/mol. The second kappa shape index (κ2) is 4.46. The van der Waals surface area contributed by atoms with E-state index < -0.39 is 0 Å². The molecule has 0 saturated heterocycles. The standard InChI is InChI=1S/C14H21NO/c1-14(2)8-3-4-12-10-11(7-9-15)5-6-13(12)16-14/h5-6,10H,3-4,7-9,15H2,1-2H3. The van der Waals surface area contributed by atoms with Crippen molar-refractivity contribution in [1.29, 1.82) is 0 Å². The summed E-state index contributed by atoms with van der Waals surface area (Å²) in [5.41, 5.74) is 8.22. The van der Waals surface area contributed by atoms with Gasteiger partial charge in [-0.2, -0.15) is 0 Å². The quantitative estimate of drug-likeness (QED) is 0.830. The topological polar surface area (TPSA) is 35.2 Å². The molecule has 0 aromatic heterocycles. The maximum absolute atomic E-state index is 6.05. The number of nitrogens with two attached hydrogens (primary N) is 1. The average molecular weight is 219 g/mol. The Morgan fingerprint density at radius 2 is 2.19 bits per heavy atom. The summed E-state index contributed by atoms with van der Waals surface area (Å²) in [6, 6.07) is 6.49. The number of fused-ring (bicyclic) bond motifs is 1. The minimum absolute atomic E-state index is 0.0271. The summed E-state index contributed by atoms with van der Waals surface area (Å²) < 4.78 is 6.05. The van der Waals surface area contributed by atoms with Crippen LogP contribution in [-0.2, 0) is 12.8 Å². The molecule has 16 heavy (non-hydrogen) atoms. The van der Waals surface area contributed by atoms with E-state index in [1.54, 1.807) is 0 Å². The maximum atomic E-state index is 6.05. The van der Waals surface area contributed by atoms with Crippen molar-refractivity contribution in [3.05, 3.63) is 29.3 Å². The lowest BCUT2D eigenvalue weighted by atomic mass is 10.00. The Bertz CT molecular complexity index is 371. The third-order valence-corrected chi connectivity index (χ3v) is 3.17. The third kappa shape index (κ3) is 2.56. The van der Waals surface area contributed by atoms with Gasteiger partial charge in [-0.3, -0.25) is 0 Å². The number of rotatable bonds is 2. The highest BCUT2D eigenvalue weighted by Crippen LogP contribution is 2.32. The molecule has 0 saturated carbocycles. The van der Waals surface area contributed by atoms with Crippen molar-refractivity contribution in [2.24, 2.45) is 5.73 Å². The Hall–Kier alpha value is -1.02. The Balaban J connectivity index is 2.27. The first-order chi connectivity index (χ1) is 7.61. The van der Waals surface area contributed by atoms with Gasteiger partial charge in [-0.25, -0.2) is 0 Å². The van der Waals surface area contributed by atoms with Gasteiger partial charge in [0.15, 0.2) is 0 Å². The van der Waals surface area contributed by atoms with Crippen LogP contribution < -0.4 is 10.5 Å². The zero-order valence-electron chi connectivity index (χ0n) is 10.3. The predicted octanol–water partition coefficient (Wildman–Crippen LogP) is 2.68. The first-order valence-electron chi connectivity index (χ1n) is 6.12. The van der Waals surface area contributed by atoms with Crippen LogP contribution in [0.4, 0.5) is 0 Å². The van der Waals surface area contributed by atoms with Crippen molar-refractivity contribution >= 4 is 0 Å². The highest BCUT2D eigenvalue weighted by atomic mass is 16.5. The second-order valence-corrected chi connectivity index (χ2v) is 5.20. The van der Waals surface area contributed by atoms with E-state index in [1.165, 1.54) is 17.5 Å². The van der Waals surface area contributed by atoms with Crippen LogP contribution >= 0.6 is 0 Å². The smallest absolute Gasteiger partial charge is 0.123 e. The molecule has 88 valence electrons. The highest BCUT2D eigenvalue weighted by Gasteiger charge is 2.24. The molecule has 2 nitrogen and oxygen atoms in total. The van der Waals surface area contributed by atoms with Crippen molar-refractivity contribution in [2.75, 3.05) is 6.54 Å². The van der Waals surface area contributed by atoms with Gasteiger partial charge < -0.3 is 10.5 Å². The van der Waals surface area contributed by atoms with E-state index in [9.17, 15) is 0 Å². The molecule has 0 spiro atoms. The fourth-order valence-corrected chi connectivity index (χ4v) is 2.30. The fourth-order valence-electron chi connectivity index (χ4n) is 2.30. The van der Waals surface area contributed by atoms with Crippen LogP contribution in [-0.4, -0.2) is 12.1 Å². The molecule has 0 radical (unpaired) electrons. The van der Waals surface area contributed by atoms with Crippen LogP contribution in [0.5, 0.6) is 5.75 Å². The normalized spacial score (nSPS) is 18.4. The maximum Gasteiger partial charge on any atom is 0.123 e. The highest BCUT2D eigenvalue weighted by molar-refractivity contribution is 5.38. The number of benzene rings is 1. The predicted molar refractivity (Wildman–Crippen MR) is 66.8 cm³/mol. The van der Waals surface area contributed by atoms with Crippen LogP contribution in [0.2, 0.25) is 0 Å². The largest absolute Gasteiger partial charge is 0.488 e.